The Bertz CT molecular complexity index is 1190. The van der Waals surface area contributed by atoms with Crippen LogP contribution >= 0.6 is 23.1 Å². The Morgan fingerprint density at radius 1 is 1.18 bits per heavy atom. The van der Waals surface area contributed by atoms with Crippen LogP contribution < -0.4 is 5.56 Å². The number of hydrogen-bond acceptors (Lipinski definition) is 7. The Labute approximate surface area is 169 Å². The normalized spacial score (nSPS) is 14.0. The molecule has 3 aromatic heterocycles. The Kier molecular flexibility index (Phi) is 4.48. The fraction of sp³-hybridized carbons (Fsp3) is 0.316. The molecular formula is C19H18N6OS2. The van der Waals surface area contributed by atoms with Crippen LogP contribution in [-0.4, -0.2) is 29.4 Å². The average Bonchev–Trinajstić information content (AvgIpc) is 3.33. The van der Waals surface area contributed by atoms with Crippen molar-refractivity contribution in [2.75, 3.05) is 0 Å². The third kappa shape index (κ3) is 3.35. The van der Waals surface area contributed by atoms with Gasteiger partial charge in [-0.1, -0.05) is 48.2 Å². The van der Waals surface area contributed by atoms with E-state index in [1.165, 1.54) is 27.6 Å². The molecule has 28 heavy (non-hydrogen) atoms. The first-order valence-corrected chi connectivity index (χ1v) is 11.1. The van der Waals surface area contributed by atoms with Crippen LogP contribution in [0.4, 0.5) is 0 Å². The summed E-state index contributed by atoms with van der Waals surface area (Å²) < 4.78 is 3.33. The number of fused-ring (bicyclic) bond motifs is 1. The summed E-state index contributed by atoms with van der Waals surface area (Å²) in [5, 5.41) is 10.6. The first kappa shape index (κ1) is 17.6. The predicted octanol–water partition coefficient (Wildman–Crippen LogP) is 3.46. The highest BCUT2D eigenvalue weighted by molar-refractivity contribution is 7.98. The first-order chi connectivity index (χ1) is 13.7. The van der Waals surface area contributed by atoms with E-state index in [1.807, 2.05) is 41.9 Å². The van der Waals surface area contributed by atoms with E-state index in [1.54, 1.807) is 6.07 Å². The fourth-order valence-corrected chi connectivity index (χ4v) is 4.56. The summed E-state index contributed by atoms with van der Waals surface area (Å²) in [4.78, 5) is 22.3. The van der Waals surface area contributed by atoms with Gasteiger partial charge in [-0.05, 0) is 31.4 Å². The van der Waals surface area contributed by atoms with Crippen LogP contribution in [0, 0.1) is 0 Å². The van der Waals surface area contributed by atoms with Gasteiger partial charge in [0.15, 0.2) is 0 Å². The molecule has 0 bridgehead atoms. The first-order valence-electron chi connectivity index (χ1n) is 9.25. The van der Waals surface area contributed by atoms with Gasteiger partial charge in [0.25, 0.3) is 5.56 Å². The van der Waals surface area contributed by atoms with Crippen LogP contribution in [0.5, 0.6) is 0 Å². The lowest BCUT2D eigenvalue weighted by atomic mass is 10.3. The van der Waals surface area contributed by atoms with Crippen molar-refractivity contribution in [3.8, 4) is 5.69 Å². The topological polar surface area (TPSA) is 78.0 Å². The van der Waals surface area contributed by atoms with Gasteiger partial charge in [-0.3, -0.25) is 4.79 Å². The van der Waals surface area contributed by atoms with Crippen LogP contribution in [0.3, 0.4) is 0 Å². The van der Waals surface area contributed by atoms with Gasteiger partial charge in [0.2, 0.25) is 10.1 Å². The van der Waals surface area contributed by atoms with Gasteiger partial charge >= 0.3 is 0 Å². The van der Waals surface area contributed by atoms with E-state index in [0.29, 0.717) is 21.8 Å². The standard InChI is InChI=1S/C19H18N6OS2/c1-2-15-22-25-16(26)10-13(20-19(25)28-15)11-27-18-21-17(12-8-9-12)24(23-18)14-6-4-3-5-7-14/h3-7,10,12H,2,8-9,11H2,1H3. The molecule has 142 valence electrons. The molecule has 4 aromatic rings. The highest BCUT2D eigenvalue weighted by Gasteiger charge is 2.30. The molecule has 9 heteroatoms. The van der Waals surface area contributed by atoms with Crippen molar-refractivity contribution < 1.29 is 0 Å². The van der Waals surface area contributed by atoms with Crippen LogP contribution in [-0.2, 0) is 12.2 Å². The second-order valence-corrected chi connectivity index (χ2v) is 8.68. The molecule has 3 heterocycles. The third-order valence-electron chi connectivity index (χ3n) is 4.55. The number of rotatable bonds is 6. The van der Waals surface area contributed by atoms with E-state index in [0.717, 1.165) is 41.5 Å². The monoisotopic (exact) mass is 410 g/mol. The van der Waals surface area contributed by atoms with Gasteiger partial charge in [-0.2, -0.15) is 9.61 Å². The zero-order valence-electron chi connectivity index (χ0n) is 15.3. The van der Waals surface area contributed by atoms with Crippen LogP contribution in [0.15, 0.2) is 46.3 Å². The van der Waals surface area contributed by atoms with Crippen molar-refractivity contribution >= 4 is 28.1 Å². The maximum Gasteiger partial charge on any atom is 0.275 e. The second-order valence-electron chi connectivity index (χ2n) is 6.69. The molecule has 0 saturated heterocycles. The van der Waals surface area contributed by atoms with Crippen molar-refractivity contribution in [2.24, 2.45) is 0 Å². The summed E-state index contributed by atoms with van der Waals surface area (Å²) in [5.41, 5.74) is 1.61. The minimum atomic E-state index is -0.141. The lowest BCUT2D eigenvalue weighted by Crippen LogP contribution is -2.15. The predicted molar refractivity (Wildman–Crippen MR) is 109 cm³/mol. The summed E-state index contributed by atoms with van der Waals surface area (Å²) >= 11 is 2.97. The molecule has 1 saturated carbocycles. The van der Waals surface area contributed by atoms with Crippen molar-refractivity contribution in [1.82, 2.24) is 29.4 Å². The molecular weight excluding hydrogens is 392 g/mol. The molecule has 1 aromatic carbocycles. The molecule has 5 rings (SSSR count). The molecule has 0 atom stereocenters. The van der Waals surface area contributed by atoms with Crippen LogP contribution in [0.2, 0.25) is 0 Å². The third-order valence-corrected chi connectivity index (χ3v) is 6.47. The number of aromatic nitrogens is 6. The van der Waals surface area contributed by atoms with E-state index in [9.17, 15) is 4.79 Å². The van der Waals surface area contributed by atoms with Crippen molar-refractivity contribution in [3.63, 3.8) is 0 Å². The van der Waals surface area contributed by atoms with E-state index >= 15 is 0 Å². The Morgan fingerprint density at radius 3 is 2.75 bits per heavy atom. The molecule has 1 aliphatic rings. The Morgan fingerprint density at radius 2 is 2.00 bits per heavy atom. The summed E-state index contributed by atoms with van der Waals surface area (Å²) in [7, 11) is 0. The van der Waals surface area contributed by atoms with Crippen LogP contribution in [0.25, 0.3) is 10.6 Å². The largest absolute Gasteiger partial charge is 0.275 e. The molecule has 1 fully saturated rings. The number of thioether (sulfide) groups is 1. The number of hydrogen-bond donors (Lipinski definition) is 0. The van der Waals surface area contributed by atoms with Crippen LogP contribution in [0.1, 0.15) is 42.2 Å². The molecule has 0 amide bonds. The molecule has 0 N–H and O–H groups in total. The number of benzene rings is 1. The maximum absolute atomic E-state index is 12.3. The summed E-state index contributed by atoms with van der Waals surface area (Å²) in [5.74, 6) is 2.06. The number of para-hydroxylation sites is 1. The quantitative estimate of drug-likeness (QED) is 0.453. The average molecular weight is 411 g/mol. The summed E-state index contributed by atoms with van der Waals surface area (Å²) in [6, 6.07) is 11.6. The Hall–Kier alpha value is -2.52. The zero-order chi connectivity index (χ0) is 19.1. The van der Waals surface area contributed by atoms with Gasteiger partial charge < -0.3 is 0 Å². The van der Waals surface area contributed by atoms with Crippen molar-refractivity contribution in [1.29, 1.82) is 0 Å². The van der Waals surface area contributed by atoms with E-state index < -0.39 is 0 Å². The maximum atomic E-state index is 12.3. The summed E-state index contributed by atoms with van der Waals surface area (Å²) in [6.07, 6.45) is 3.12. The highest BCUT2D eigenvalue weighted by Crippen LogP contribution is 2.40. The SMILES string of the molecule is CCc1nn2c(=O)cc(CSc3nc(C4CC4)n(-c4ccccc4)n3)nc2s1. The smallest absolute Gasteiger partial charge is 0.267 e. The van der Waals surface area contributed by atoms with Gasteiger partial charge in [0.05, 0.1) is 11.4 Å². The zero-order valence-corrected chi connectivity index (χ0v) is 16.9. The molecule has 0 unspecified atom stereocenters. The molecule has 7 nitrogen and oxygen atoms in total. The molecule has 0 radical (unpaired) electrons. The lowest BCUT2D eigenvalue weighted by Gasteiger charge is -2.03. The Balaban J connectivity index is 1.41. The van der Waals surface area contributed by atoms with E-state index in [2.05, 4.69) is 10.1 Å². The molecule has 1 aliphatic carbocycles. The van der Waals surface area contributed by atoms with Gasteiger partial charge in [0.1, 0.15) is 10.8 Å². The van der Waals surface area contributed by atoms with Gasteiger partial charge in [-0.15, -0.1) is 5.10 Å². The van der Waals surface area contributed by atoms with Gasteiger partial charge in [-0.25, -0.2) is 14.6 Å². The van der Waals surface area contributed by atoms with Gasteiger partial charge in [0, 0.05) is 17.7 Å². The lowest BCUT2D eigenvalue weighted by molar-refractivity contribution is 0.782. The minimum Gasteiger partial charge on any atom is -0.267 e. The van der Waals surface area contributed by atoms with Crippen molar-refractivity contribution in [3.05, 3.63) is 63.3 Å². The van der Waals surface area contributed by atoms with Crippen molar-refractivity contribution in [2.45, 2.75) is 43.0 Å². The molecule has 0 spiro atoms. The number of nitrogens with zero attached hydrogens (tertiary/aromatic N) is 6. The summed E-state index contributed by atoms with van der Waals surface area (Å²) in [6.45, 7) is 2.02. The van der Waals surface area contributed by atoms with E-state index in [4.69, 9.17) is 10.1 Å². The minimum absolute atomic E-state index is 0.141. The molecule has 0 aliphatic heterocycles. The number of aryl methyl sites for hydroxylation is 1. The highest BCUT2D eigenvalue weighted by atomic mass is 32.2. The fourth-order valence-electron chi connectivity index (χ4n) is 2.98. The van der Waals surface area contributed by atoms with E-state index in [-0.39, 0.29) is 5.56 Å². The second kappa shape index (κ2) is 7.14.